The number of imidazole rings is 1. The fourth-order valence-corrected chi connectivity index (χ4v) is 2.33. The summed E-state index contributed by atoms with van der Waals surface area (Å²) in [7, 11) is 0. The molecule has 106 valence electrons. The Bertz CT molecular complexity index is 592. The molecule has 0 aliphatic carbocycles. The molecule has 0 saturated carbocycles. The molecule has 2 rings (SSSR count). The molecule has 1 aromatic heterocycles. The topological polar surface area (TPSA) is 44.1 Å². The van der Waals surface area contributed by atoms with Crippen LogP contribution in [-0.2, 0) is 6.61 Å². The van der Waals surface area contributed by atoms with E-state index in [4.69, 9.17) is 4.74 Å². The third-order valence-corrected chi connectivity index (χ3v) is 3.29. The summed E-state index contributed by atoms with van der Waals surface area (Å²) in [6.45, 7) is 8.60. The van der Waals surface area contributed by atoms with Crippen molar-refractivity contribution in [1.29, 1.82) is 0 Å². The molecule has 0 atom stereocenters. The van der Waals surface area contributed by atoms with E-state index in [2.05, 4.69) is 23.4 Å². The van der Waals surface area contributed by atoms with E-state index in [0.717, 1.165) is 28.9 Å². The number of aromatic nitrogens is 2. The molecule has 4 nitrogen and oxygen atoms in total. The maximum atomic E-state index is 10.8. The van der Waals surface area contributed by atoms with Crippen LogP contribution in [0.15, 0.2) is 24.7 Å². The van der Waals surface area contributed by atoms with E-state index in [1.807, 2.05) is 38.5 Å². The number of hydrogen-bond acceptors (Lipinski definition) is 3. The molecule has 0 amide bonds. The van der Waals surface area contributed by atoms with Gasteiger partial charge in [0.05, 0.1) is 18.2 Å². The zero-order valence-corrected chi connectivity index (χ0v) is 12.4. The summed E-state index contributed by atoms with van der Waals surface area (Å²) in [5, 5.41) is 0. The minimum Gasteiger partial charge on any atom is -0.487 e. The van der Waals surface area contributed by atoms with Crippen molar-refractivity contribution < 1.29 is 9.53 Å². The molecule has 0 N–H and O–H groups in total. The first-order chi connectivity index (χ1) is 9.52. The van der Waals surface area contributed by atoms with Gasteiger partial charge in [-0.3, -0.25) is 4.79 Å². The number of hydrogen-bond donors (Lipinski definition) is 0. The quantitative estimate of drug-likeness (QED) is 0.783. The van der Waals surface area contributed by atoms with Crippen molar-refractivity contribution in [1.82, 2.24) is 9.55 Å². The SMILES string of the molecule is Cc1cc(C=O)cc(C)c1OCc1cncn1C(C)C. The first-order valence-corrected chi connectivity index (χ1v) is 6.73. The van der Waals surface area contributed by atoms with Crippen molar-refractivity contribution in [2.75, 3.05) is 0 Å². The number of ether oxygens (including phenoxy) is 1. The van der Waals surface area contributed by atoms with E-state index in [-0.39, 0.29) is 0 Å². The van der Waals surface area contributed by atoms with Crippen LogP contribution in [0.4, 0.5) is 0 Å². The van der Waals surface area contributed by atoms with E-state index in [0.29, 0.717) is 18.2 Å². The number of aldehydes is 1. The largest absolute Gasteiger partial charge is 0.487 e. The molecule has 0 bridgehead atoms. The lowest BCUT2D eigenvalue weighted by atomic mass is 10.1. The lowest BCUT2D eigenvalue weighted by Crippen LogP contribution is -2.08. The molecular weight excluding hydrogens is 252 g/mol. The Morgan fingerprint density at radius 2 is 1.95 bits per heavy atom. The van der Waals surface area contributed by atoms with Gasteiger partial charge in [0.1, 0.15) is 18.6 Å². The van der Waals surface area contributed by atoms with Crippen molar-refractivity contribution in [2.24, 2.45) is 0 Å². The summed E-state index contributed by atoms with van der Waals surface area (Å²) < 4.78 is 8.01. The van der Waals surface area contributed by atoms with Gasteiger partial charge in [0.2, 0.25) is 0 Å². The molecule has 0 radical (unpaired) electrons. The van der Waals surface area contributed by atoms with Gasteiger partial charge < -0.3 is 9.30 Å². The van der Waals surface area contributed by atoms with E-state index in [1.54, 1.807) is 0 Å². The number of rotatable bonds is 5. The predicted octanol–water partition coefficient (Wildman–Crippen LogP) is 3.47. The maximum Gasteiger partial charge on any atom is 0.150 e. The van der Waals surface area contributed by atoms with Crippen molar-refractivity contribution >= 4 is 6.29 Å². The number of carbonyl (C=O) groups is 1. The van der Waals surface area contributed by atoms with Crippen LogP contribution < -0.4 is 4.74 Å². The van der Waals surface area contributed by atoms with Crippen molar-refractivity contribution in [2.45, 2.75) is 40.3 Å². The molecular formula is C16H20N2O2. The lowest BCUT2D eigenvalue weighted by Gasteiger charge is -2.15. The smallest absolute Gasteiger partial charge is 0.150 e. The molecule has 20 heavy (non-hydrogen) atoms. The Labute approximate surface area is 119 Å². The zero-order valence-electron chi connectivity index (χ0n) is 12.4. The summed E-state index contributed by atoms with van der Waals surface area (Å²) in [5.74, 6) is 0.840. The summed E-state index contributed by atoms with van der Waals surface area (Å²) in [4.78, 5) is 15.0. The van der Waals surface area contributed by atoms with Gasteiger partial charge in [0.15, 0.2) is 0 Å². The van der Waals surface area contributed by atoms with E-state index in [9.17, 15) is 4.79 Å². The zero-order chi connectivity index (χ0) is 14.7. The maximum absolute atomic E-state index is 10.8. The molecule has 0 fully saturated rings. The summed E-state index contributed by atoms with van der Waals surface area (Å²) in [6.07, 6.45) is 4.50. The van der Waals surface area contributed by atoms with Crippen molar-refractivity contribution in [3.63, 3.8) is 0 Å². The van der Waals surface area contributed by atoms with Gasteiger partial charge >= 0.3 is 0 Å². The highest BCUT2D eigenvalue weighted by atomic mass is 16.5. The monoisotopic (exact) mass is 272 g/mol. The molecule has 1 heterocycles. The fraction of sp³-hybridized carbons (Fsp3) is 0.375. The van der Waals surface area contributed by atoms with E-state index < -0.39 is 0 Å². The van der Waals surface area contributed by atoms with Gasteiger partial charge in [-0.2, -0.15) is 0 Å². The lowest BCUT2D eigenvalue weighted by molar-refractivity contribution is 0.112. The Morgan fingerprint density at radius 1 is 1.30 bits per heavy atom. The van der Waals surface area contributed by atoms with Gasteiger partial charge in [-0.15, -0.1) is 0 Å². The standard InChI is InChI=1S/C16H20N2O2/c1-11(2)18-10-17-7-15(18)9-20-16-12(3)5-14(8-19)6-13(16)4/h5-8,10-11H,9H2,1-4H3. The molecule has 0 aliphatic heterocycles. The third-order valence-electron chi connectivity index (χ3n) is 3.29. The van der Waals surface area contributed by atoms with Gasteiger partial charge in [0, 0.05) is 11.6 Å². The Hall–Kier alpha value is -2.10. The minimum absolute atomic E-state index is 0.357. The number of aryl methyl sites for hydroxylation is 2. The average molecular weight is 272 g/mol. The number of benzene rings is 1. The summed E-state index contributed by atoms with van der Waals surface area (Å²) in [5.41, 5.74) is 3.67. The Kier molecular flexibility index (Phi) is 4.23. The van der Waals surface area contributed by atoms with Crippen LogP contribution in [0.3, 0.4) is 0 Å². The second kappa shape index (κ2) is 5.90. The third kappa shape index (κ3) is 2.90. The fourth-order valence-electron chi connectivity index (χ4n) is 2.33. The normalized spacial score (nSPS) is 10.8. The van der Waals surface area contributed by atoms with Gasteiger partial charge in [-0.1, -0.05) is 0 Å². The Morgan fingerprint density at radius 3 is 2.50 bits per heavy atom. The van der Waals surface area contributed by atoms with Crippen LogP contribution in [0.5, 0.6) is 5.75 Å². The number of nitrogens with zero attached hydrogens (tertiary/aromatic N) is 2. The first kappa shape index (κ1) is 14.3. The molecule has 0 saturated heterocycles. The van der Waals surface area contributed by atoms with Crippen LogP contribution in [-0.4, -0.2) is 15.8 Å². The second-order valence-electron chi connectivity index (χ2n) is 5.28. The van der Waals surface area contributed by atoms with E-state index >= 15 is 0 Å². The Balaban J connectivity index is 2.19. The highest BCUT2D eigenvalue weighted by Gasteiger charge is 2.10. The highest BCUT2D eigenvalue weighted by Crippen LogP contribution is 2.25. The van der Waals surface area contributed by atoms with Crippen LogP contribution in [0.25, 0.3) is 0 Å². The first-order valence-electron chi connectivity index (χ1n) is 6.73. The molecule has 0 unspecified atom stereocenters. The summed E-state index contributed by atoms with van der Waals surface area (Å²) in [6, 6.07) is 4.04. The average Bonchev–Trinajstić information content (AvgIpc) is 2.86. The molecule has 2 aromatic rings. The van der Waals surface area contributed by atoms with Gasteiger partial charge in [-0.25, -0.2) is 4.98 Å². The van der Waals surface area contributed by atoms with Crippen LogP contribution in [0.2, 0.25) is 0 Å². The van der Waals surface area contributed by atoms with Crippen LogP contribution in [0, 0.1) is 13.8 Å². The van der Waals surface area contributed by atoms with Crippen molar-refractivity contribution in [3.8, 4) is 5.75 Å². The second-order valence-corrected chi connectivity index (χ2v) is 5.28. The van der Waals surface area contributed by atoms with E-state index in [1.165, 1.54) is 0 Å². The molecule has 1 aromatic carbocycles. The van der Waals surface area contributed by atoms with Gasteiger partial charge in [0.25, 0.3) is 0 Å². The summed E-state index contributed by atoms with van der Waals surface area (Å²) >= 11 is 0. The van der Waals surface area contributed by atoms with Crippen molar-refractivity contribution in [3.05, 3.63) is 47.0 Å². The number of carbonyl (C=O) groups excluding carboxylic acids is 1. The van der Waals surface area contributed by atoms with Crippen LogP contribution >= 0.6 is 0 Å². The van der Waals surface area contributed by atoms with Crippen LogP contribution in [0.1, 0.15) is 47.1 Å². The predicted molar refractivity (Wildman–Crippen MR) is 78.2 cm³/mol. The van der Waals surface area contributed by atoms with Gasteiger partial charge in [-0.05, 0) is 51.0 Å². The molecule has 0 spiro atoms. The highest BCUT2D eigenvalue weighted by molar-refractivity contribution is 5.76. The molecule has 4 heteroatoms. The minimum atomic E-state index is 0.357. The molecule has 0 aliphatic rings.